The van der Waals surface area contributed by atoms with Crippen LogP contribution in [0.2, 0.25) is 0 Å². The molecule has 0 saturated carbocycles. The SMILES string of the molecule is Cc1cc(C)c(F)c(CN(C)O)c1F. The predicted molar refractivity (Wildman–Crippen MR) is 49.1 cm³/mol. The fourth-order valence-electron chi connectivity index (χ4n) is 1.39. The van der Waals surface area contributed by atoms with E-state index in [4.69, 9.17) is 5.21 Å². The van der Waals surface area contributed by atoms with E-state index in [-0.39, 0.29) is 12.1 Å². The summed E-state index contributed by atoms with van der Waals surface area (Å²) in [4.78, 5) is 0. The highest BCUT2D eigenvalue weighted by molar-refractivity contribution is 5.32. The number of nitrogens with zero attached hydrogens (tertiary/aromatic N) is 1. The van der Waals surface area contributed by atoms with Crippen LogP contribution in [0.25, 0.3) is 0 Å². The number of benzene rings is 1. The fourth-order valence-corrected chi connectivity index (χ4v) is 1.39. The summed E-state index contributed by atoms with van der Waals surface area (Å²) in [5, 5.41) is 9.69. The smallest absolute Gasteiger partial charge is 0.133 e. The maximum Gasteiger partial charge on any atom is 0.133 e. The van der Waals surface area contributed by atoms with Gasteiger partial charge in [-0.3, -0.25) is 0 Å². The number of halogens is 2. The van der Waals surface area contributed by atoms with Crippen LogP contribution >= 0.6 is 0 Å². The second-order valence-corrected chi connectivity index (χ2v) is 3.43. The van der Waals surface area contributed by atoms with Crippen molar-refractivity contribution in [3.63, 3.8) is 0 Å². The fraction of sp³-hybridized carbons (Fsp3) is 0.400. The lowest BCUT2D eigenvalue weighted by Gasteiger charge is -2.13. The Morgan fingerprint density at radius 2 is 1.64 bits per heavy atom. The molecule has 14 heavy (non-hydrogen) atoms. The molecule has 0 aliphatic carbocycles. The first-order valence-corrected chi connectivity index (χ1v) is 4.27. The van der Waals surface area contributed by atoms with Gasteiger partial charge < -0.3 is 5.21 Å². The van der Waals surface area contributed by atoms with E-state index < -0.39 is 11.6 Å². The number of hydrogen-bond donors (Lipinski definition) is 1. The quantitative estimate of drug-likeness (QED) is 0.743. The average molecular weight is 201 g/mol. The molecule has 0 unspecified atom stereocenters. The third kappa shape index (κ3) is 2.08. The number of rotatable bonds is 2. The van der Waals surface area contributed by atoms with Crippen LogP contribution in [-0.2, 0) is 6.54 Å². The zero-order valence-electron chi connectivity index (χ0n) is 8.43. The van der Waals surface area contributed by atoms with Gasteiger partial charge in [0.2, 0.25) is 0 Å². The average Bonchev–Trinajstić information content (AvgIpc) is 2.09. The van der Waals surface area contributed by atoms with Crippen molar-refractivity contribution in [2.75, 3.05) is 7.05 Å². The molecule has 78 valence electrons. The van der Waals surface area contributed by atoms with Crippen molar-refractivity contribution in [2.45, 2.75) is 20.4 Å². The molecular formula is C10H13F2NO. The standard InChI is InChI=1S/C10H13F2NO/c1-6-4-7(2)10(12)8(9(6)11)5-13(3)14/h4,14H,5H2,1-3H3. The van der Waals surface area contributed by atoms with E-state index in [1.807, 2.05) is 0 Å². The number of hydroxylamine groups is 2. The van der Waals surface area contributed by atoms with Gasteiger partial charge in [0.25, 0.3) is 0 Å². The maximum atomic E-state index is 13.4. The number of hydrogen-bond acceptors (Lipinski definition) is 2. The van der Waals surface area contributed by atoms with Crippen LogP contribution in [0.3, 0.4) is 0 Å². The van der Waals surface area contributed by atoms with E-state index in [1.54, 1.807) is 13.8 Å². The summed E-state index contributed by atoms with van der Waals surface area (Å²) < 4.78 is 26.9. The van der Waals surface area contributed by atoms with Crippen molar-refractivity contribution >= 4 is 0 Å². The first kappa shape index (κ1) is 11.1. The molecule has 1 N–H and O–H groups in total. The summed E-state index contributed by atoms with van der Waals surface area (Å²) in [6, 6.07) is 1.45. The van der Waals surface area contributed by atoms with Gasteiger partial charge in [0, 0.05) is 12.6 Å². The molecule has 0 saturated heterocycles. The zero-order valence-corrected chi connectivity index (χ0v) is 8.43. The van der Waals surface area contributed by atoms with E-state index in [2.05, 4.69) is 0 Å². The molecule has 0 radical (unpaired) electrons. The Balaban J connectivity index is 3.25. The molecule has 0 aliphatic rings. The van der Waals surface area contributed by atoms with Crippen LogP contribution in [0.5, 0.6) is 0 Å². The molecule has 0 amide bonds. The van der Waals surface area contributed by atoms with Gasteiger partial charge >= 0.3 is 0 Å². The minimum Gasteiger partial charge on any atom is -0.314 e. The van der Waals surface area contributed by atoms with E-state index in [1.165, 1.54) is 13.1 Å². The second-order valence-electron chi connectivity index (χ2n) is 3.43. The van der Waals surface area contributed by atoms with Crippen molar-refractivity contribution in [3.8, 4) is 0 Å². The Labute approximate surface area is 81.7 Å². The maximum absolute atomic E-state index is 13.4. The van der Waals surface area contributed by atoms with Gasteiger partial charge in [-0.1, -0.05) is 6.07 Å². The van der Waals surface area contributed by atoms with Gasteiger partial charge in [-0.15, -0.1) is 0 Å². The Morgan fingerprint density at radius 3 is 2.00 bits per heavy atom. The molecule has 0 atom stereocenters. The van der Waals surface area contributed by atoms with Gasteiger partial charge in [0.15, 0.2) is 0 Å². The van der Waals surface area contributed by atoms with E-state index in [9.17, 15) is 8.78 Å². The van der Waals surface area contributed by atoms with Gasteiger partial charge in [0.1, 0.15) is 11.6 Å². The molecular weight excluding hydrogens is 188 g/mol. The minimum absolute atomic E-state index is 0.0903. The summed E-state index contributed by atoms with van der Waals surface area (Å²) >= 11 is 0. The van der Waals surface area contributed by atoms with Gasteiger partial charge in [-0.2, -0.15) is 5.06 Å². The van der Waals surface area contributed by atoms with Crippen LogP contribution in [0.15, 0.2) is 6.07 Å². The Kier molecular flexibility index (Phi) is 3.18. The van der Waals surface area contributed by atoms with Crippen LogP contribution < -0.4 is 0 Å². The third-order valence-corrected chi connectivity index (χ3v) is 2.04. The molecule has 0 spiro atoms. The highest BCUT2D eigenvalue weighted by Gasteiger charge is 2.15. The lowest BCUT2D eigenvalue weighted by atomic mass is 10.1. The molecule has 0 heterocycles. The largest absolute Gasteiger partial charge is 0.314 e. The van der Waals surface area contributed by atoms with Gasteiger partial charge in [-0.25, -0.2) is 8.78 Å². The molecule has 1 rings (SSSR count). The monoisotopic (exact) mass is 201 g/mol. The normalized spacial score (nSPS) is 11.1. The summed E-state index contributed by atoms with van der Waals surface area (Å²) in [5.74, 6) is -1.18. The van der Waals surface area contributed by atoms with Crippen LogP contribution in [0, 0.1) is 25.5 Å². The molecule has 1 aromatic rings. The van der Waals surface area contributed by atoms with Crippen LogP contribution in [0.4, 0.5) is 8.78 Å². The molecule has 0 aromatic heterocycles. The summed E-state index contributed by atoms with van der Waals surface area (Å²) in [5.41, 5.74) is 0.689. The van der Waals surface area contributed by atoms with Gasteiger partial charge in [0.05, 0.1) is 6.54 Å². The van der Waals surface area contributed by atoms with E-state index in [0.29, 0.717) is 11.1 Å². The van der Waals surface area contributed by atoms with E-state index in [0.717, 1.165) is 5.06 Å². The lowest BCUT2D eigenvalue weighted by Crippen LogP contribution is -2.15. The first-order chi connectivity index (χ1) is 6.43. The molecule has 0 fully saturated rings. The Morgan fingerprint density at radius 1 is 1.21 bits per heavy atom. The zero-order chi connectivity index (χ0) is 10.9. The van der Waals surface area contributed by atoms with E-state index >= 15 is 0 Å². The summed E-state index contributed by atoms with van der Waals surface area (Å²) in [6.07, 6.45) is 0. The van der Waals surface area contributed by atoms with Crippen LogP contribution in [0.1, 0.15) is 16.7 Å². The predicted octanol–water partition coefficient (Wildman–Crippen LogP) is 2.40. The van der Waals surface area contributed by atoms with Crippen molar-refractivity contribution in [2.24, 2.45) is 0 Å². The van der Waals surface area contributed by atoms with Crippen molar-refractivity contribution in [3.05, 3.63) is 34.4 Å². The highest BCUT2D eigenvalue weighted by Crippen LogP contribution is 2.20. The van der Waals surface area contributed by atoms with Gasteiger partial charge in [-0.05, 0) is 25.0 Å². The first-order valence-electron chi connectivity index (χ1n) is 4.27. The third-order valence-electron chi connectivity index (χ3n) is 2.04. The molecule has 0 bridgehead atoms. The summed E-state index contributed by atoms with van der Waals surface area (Å²) in [6.45, 7) is 2.99. The number of aryl methyl sites for hydroxylation is 2. The highest BCUT2D eigenvalue weighted by atomic mass is 19.1. The molecule has 2 nitrogen and oxygen atoms in total. The van der Waals surface area contributed by atoms with Crippen molar-refractivity contribution in [1.82, 2.24) is 5.06 Å². The van der Waals surface area contributed by atoms with Crippen molar-refractivity contribution in [1.29, 1.82) is 0 Å². The summed E-state index contributed by atoms with van der Waals surface area (Å²) in [7, 11) is 1.34. The topological polar surface area (TPSA) is 23.5 Å². The molecule has 4 heteroatoms. The molecule has 1 aromatic carbocycles. The Hall–Kier alpha value is -1.00. The lowest BCUT2D eigenvalue weighted by molar-refractivity contribution is -0.0746. The molecule has 0 aliphatic heterocycles. The Bertz CT molecular complexity index is 324. The van der Waals surface area contributed by atoms with Crippen molar-refractivity contribution < 1.29 is 14.0 Å². The minimum atomic E-state index is -0.589. The second kappa shape index (κ2) is 4.02. The van der Waals surface area contributed by atoms with Crippen LogP contribution in [-0.4, -0.2) is 17.3 Å².